The molecule has 0 bridgehead atoms. The normalized spacial score (nSPS) is 15.5. The van der Waals surface area contributed by atoms with Crippen molar-refractivity contribution in [2.45, 2.75) is 85.0 Å². The third-order valence-corrected chi connectivity index (χ3v) is 6.82. The number of hydrogen-bond donors (Lipinski definition) is 4. The number of carbonyl (C=O) groups is 1. The van der Waals surface area contributed by atoms with Gasteiger partial charge in [0.2, 0.25) is 0 Å². The fourth-order valence-electron chi connectivity index (χ4n) is 4.29. The van der Waals surface area contributed by atoms with Crippen molar-refractivity contribution in [1.82, 2.24) is 0 Å². The lowest BCUT2D eigenvalue weighted by atomic mass is 9.81. The molecule has 0 radical (unpaired) electrons. The van der Waals surface area contributed by atoms with E-state index in [0.717, 1.165) is 28.9 Å². The maximum atomic E-state index is 11.2. The monoisotopic (exact) mass is 484 g/mol. The molecule has 4 atom stereocenters. The van der Waals surface area contributed by atoms with Gasteiger partial charge >= 0.3 is 5.97 Å². The van der Waals surface area contributed by atoms with Crippen LogP contribution in [0.3, 0.4) is 0 Å². The van der Waals surface area contributed by atoms with Gasteiger partial charge in [0.1, 0.15) is 12.4 Å². The molecule has 194 valence electrons. The first kappa shape index (κ1) is 28.7. The molecule has 0 amide bonds. The van der Waals surface area contributed by atoms with E-state index >= 15 is 0 Å². The first-order valence-electron chi connectivity index (χ1n) is 12.6. The number of para-hydroxylation sites is 1. The number of anilines is 1. The standard InChI is InChI=1S/C29H44N2O4/c1-18(2)22(16-25(31)26(32)13-19(3)28(33)34)14-20-11-12-23(29(4,5)6)27(15-20)35-17-21-9-7-8-10-24(21)30/h7-12,15,18-19,22,25-26,32H,13-14,16-17,30-31H2,1-6H3,(H,33,34)/t19?,22-,25-,26-/m0/s1. The maximum Gasteiger partial charge on any atom is 0.306 e. The predicted octanol–water partition coefficient (Wildman–Crippen LogP) is 5.15. The number of carboxylic acid groups (broad SMARTS) is 1. The second-order valence-electron chi connectivity index (χ2n) is 11.2. The van der Waals surface area contributed by atoms with Gasteiger partial charge in [-0.05, 0) is 59.8 Å². The maximum absolute atomic E-state index is 11.2. The number of aliphatic carboxylic acids is 1. The van der Waals surface area contributed by atoms with E-state index in [1.54, 1.807) is 6.92 Å². The highest BCUT2D eigenvalue weighted by Crippen LogP contribution is 2.34. The Balaban J connectivity index is 2.20. The van der Waals surface area contributed by atoms with Crippen LogP contribution in [0.2, 0.25) is 0 Å². The summed E-state index contributed by atoms with van der Waals surface area (Å²) in [5.74, 6) is -0.114. The Hall–Kier alpha value is -2.57. The number of nitrogens with two attached hydrogens (primary N) is 2. The van der Waals surface area contributed by atoms with E-state index in [1.807, 2.05) is 24.3 Å². The van der Waals surface area contributed by atoms with Gasteiger partial charge in [-0.3, -0.25) is 4.79 Å². The molecule has 0 aliphatic rings. The van der Waals surface area contributed by atoms with Crippen molar-refractivity contribution in [3.8, 4) is 5.75 Å². The van der Waals surface area contributed by atoms with Gasteiger partial charge < -0.3 is 26.4 Å². The molecular weight excluding hydrogens is 440 g/mol. The van der Waals surface area contributed by atoms with E-state index in [0.29, 0.717) is 24.6 Å². The number of aliphatic hydroxyl groups is 1. The van der Waals surface area contributed by atoms with Crippen molar-refractivity contribution < 1.29 is 19.7 Å². The third-order valence-electron chi connectivity index (χ3n) is 6.82. The minimum absolute atomic E-state index is 0.0825. The highest BCUT2D eigenvalue weighted by atomic mass is 16.5. The van der Waals surface area contributed by atoms with E-state index in [4.69, 9.17) is 21.3 Å². The molecule has 2 aromatic rings. The molecule has 0 saturated heterocycles. The van der Waals surface area contributed by atoms with Crippen LogP contribution in [-0.4, -0.2) is 28.3 Å². The Labute approximate surface area is 210 Å². The smallest absolute Gasteiger partial charge is 0.306 e. The average molecular weight is 485 g/mol. The van der Waals surface area contributed by atoms with E-state index in [2.05, 4.69) is 52.8 Å². The van der Waals surface area contributed by atoms with Gasteiger partial charge in [0.05, 0.1) is 12.0 Å². The number of hydrogen-bond acceptors (Lipinski definition) is 5. The molecule has 1 unspecified atom stereocenters. The van der Waals surface area contributed by atoms with Gasteiger partial charge in [-0.2, -0.15) is 0 Å². The highest BCUT2D eigenvalue weighted by molar-refractivity contribution is 5.69. The quantitative estimate of drug-likeness (QED) is 0.309. The summed E-state index contributed by atoms with van der Waals surface area (Å²) in [6.07, 6.45) is 0.715. The van der Waals surface area contributed by atoms with Crippen LogP contribution >= 0.6 is 0 Å². The molecule has 6 heteroatoms. The van der Waals surface area contributed by atoms with Gasteiger partial charge in [-0.15, -0.1) is 0 Å². The minimum atomic E-state index is -0.916. The zero-order chi connectivity index (χ0) is 26.3. The Kier molecular flexibility index (Phi) is 10.2. The van der Waals surface area contributed by atoms with Crippen LogP contribution in [0.5, 0.6) is 5.75 Å². The number of carboxylic acids is 1. The lowest BCUT2D eigenvalue weighted by molar-refractivity contribution is -0.142. The van der Waals surface area contributed by atoms with Crippen LogP contribution in [0.25, 0.3) is 0 Å². The highest BCUT2D eigenvalue weighted by Gasteiger charge is 2.26. The summed E-state index contributed by atoms with van der Waals surface area (Å²) in [6.45, 7) is 12.8. The average Bonchev–Trinajstić information content (AvgIpc) is 2.77. The topological polar surface area (TPSA) is 119 Å². The van der Waals surface area contributed by atoms with Crippen LogP contribution in [-0.2, 0) is 23.2 Å². The molecule has 0 aliphatic heterocycles. The van der Waals surface area contributed by atoms with Gasteiger partial charge in [0, 0.05) is 17.3 Å². The Morgan fingerprint density at radius 3 is 2.29 bits per heavy atom. The van der Waals surface area contributed by atoms with E-state index in [-0.39, 0.29) is 17.8 Å². The lowest BCUT2D eigenvalue weighted by Crippen LogP contribution is -2.39. The Morgan fingerprint density at radius 1 is 1.06 bits per heavy atom. The molecule has 6 N–H and O–H groups in total. The van der Waals surface area contributed by atoms with Crippen LogP contribution in [0.4, 0.5) is 5.69 Å². The van der Waals surface area contributed by atoms with Crippen LogP contribution in [0.15, 0.2) is 42.5 Å². The summed E-state index contributed by atoms with van der Waals surface area (Å²) in [5.41, 5.74) is 16.3. The summed E-state index contributed by atoms with van der Waals surface area (Å²) in [7, 11) is 0. The number of aliphatic hydroxyl groups excluding tert-OH is 1. The molecule has 0 aliphatic carbocycles. The molecule has 35 heavy (non-hydrogen) atoms. The fraction of sp³-hybridized carbons (Fsp3) is 0.552. The molecule has 0 fully saturated rings. The second kappa shape index (κ2) is 12.4. The number of ether oxygens (including phenoxy) is 1. The summed E-state index contributed by atoms with van der Waals surface area (Å²) in [4.78, 5) is 11.2. The summed E-state index contributed by atoms with van der Waals surface area (Å²) >= 11 is 0. The van der Waals surface area contributed by atoms with Crippen molar-refractivity contribution in [3.05, 3.63) is 59.2 Å². The molecule has 0 saturated carbocycles. The van der Waals surface area contributed by atoms with Crippen LogP contribution in [0, 0.1) is 17.8 Å². The zero-order valence-corrected chi connectivity index (χ0v) is 22.1. The number of benzene rings is 2. The Morgan fingerprint density at radius 2 is 1.71 bits per heavy atom. The van der Waals surface area contributed by atoms with Gasteiger partial charge in [0.15, 0.2) is 0 Å². The largest absolute Gasteiger partial charge is 0.489 e. The Bertz CT molecular complexity index is 967. The fourth-order valence-corrected chi connectivity index (χ4v) is 4.29. The molecule has 0 aromatic heterocycles. The molecule has 2 aromatic carbocycles. The molecule has 6 nitrogen and oxygen atoms in total. The zero-order valence-electron chi connectivity index (χ0n) is 22.1. The van der Waals surface area contributed by atoms with Crippen molar-refractivity contribution in [2.75, 3.05) is 5.73 Å². The van der Waals surface area contributed by atoms with Crippen molar-refractivity contribution in [3.63, 3.8) is 0 Å². The van der Waals surface area contributed by atoms with Crippen LogP contribution < -0.4 is 16.2 Å². The summed E-state index contributed by atoms with van der Waals surface area (Å²) < 4.78 is 6.30. The lowest BCUT2D eigenvalue weighted by Gasteiger charge is -2.29. The number of rotatable bonds is 12. The van der Waals surface area contributed by atoms with Gasteiger partial charge in [-0.1, -0.05) is 71.9 Å². The van der Waals surface area contributed by atoms with Gasteiger partial charge in [0.25, 0.3) is 0 Å². The molecular formula is C29H44N2O4. The van der Waals surface area contributed by atoms with Crippen LogP contribution in [0.1, 0.15) is 71.1 Å². The summed E-state index contributed by atoms with van der Waals surface area (Å²) in [5, 5.41) is 19.6. The molecule has 2 rings (SSSR count). The summed E-state index contributed by atoms with van der Waals surface area (Å²) in [6, 6.07) is 13.6. The van der Waals surface area contributed by atoms with Gasteiger partial charge in [-0.25, -0.2) is 0 Å². The SMILES string of the molecule is CC(C[C@H](O)[C@@H](N)C[C@H](Cc1ccc(C(C)(C)C)c(OCc2ccccc2N)c1)C(C)C)C(=O)O. The van der Waals surface area contributed by atoms with E-state index in [1.165, 1.54) is 0 Å². The number of nitrogen functional groups attached to an aromatic ring is 1. The minimum Gasteiger partial charge on any atom is -0.489 e. The van der Waals surface area contributed by atoms with Crippen molar-refractivity contribution >= 4 is 11.7 Å². The predicted molar refractivity (Wildman–Crippen MR) is 142 cm³/mol. The first-order chi connectivity index (χ1) is 16.3. The van der Waals surface area contributed by atoms with E-state index < -0.39 is 24.0 Å². The first-order valence-corrected chi connectivity index (χ1v) is 12.6. The molecule has 0 spiro atoms. The van der Waals surface area contributed by atoms with E-state index in [9.17, 15) is 9.90 Å². The third kappa shape index (κ3) is 8.55. The van der Waals surface area contributed by atoms with Crippen molar-refractivity contribution in [2.24, 2.45) is 23.5 Å². The second-order valence-corrected chi connectivity index (χ2v) is 11.2. The molecule has 0 heterocycles. The van der Waals surface area contributed by atoms with Crippen molar-refractivity contribution in [1.29, 1.82) is 0 Å².